The van der Waals surface area contributed by atoms with Crippen molar-refractivity contribution in [3.8, 4) is 22.5 Å². The summed E-state index contributed by atoms with van der Waals surface area (Å²) in [5.74, 6) is -0.999. The fourth-order valence-electron chi connectivity index (χ4n) is 4.67. The number of carboxylic acids is 1. The predicted molar refractivity (Wildman–Crippen MR) is 161 cm³/mol. The summed E-state index contributed by atoms with van der Waals surface area (Å²) in [6.45, 7) is 6.80. The van der Waals surface area contributed by atoms with E-state index in [1.165, 1.54) is 0 Å². The normalized spacial score (nSPS) is 12.6. The van der Waals surface area contributed by atoms with Gasteiger partial charge in [-0.25, -0.2) is 5.10 Å². The minimum Gasteiger partial charge on any atom is -0.481 e. The van der Waals surface area contributed by atoms with Crippen molar-refractivity contribution in [3.63, 3.8) is 0 Å². The van der Waals surface area contributed by atoms with E-state index >= 15 is 0 Å². The second kappa shape index (κ2) is 15.9. The number of benzene rings is 2. The minimum absolute atomic E-state index is 0.0216. The van der Waals surface area contributed by atoms with E-state index in [1.54, 1.807) is 4.90 Å². The summed E-state index contributed by atoms with van der Waals surface area (Å²) in [6.07, 6.45) is 2.56. The van der Waals surface area contributed by atoms with Crippen molar-refractivity contribution in [2.24, 2.45) is 11.8 Å². The lowest BCUT2D eigenvalue weighted by Crippen LogP contribution is -2.51. The van der Waals surface area contributed by atoms with Crippen LogP contribution < -0.4 is 5.32 Å². The minimum atomic E-state index is -1.01. The second-order valence-corrected chi connectivity index (χ2v) is 10.9. The molecular weight excluding hydrogens is 540 g/mol. The van der Waals surface area contributed by atoms with Crippen LogP contribution in [0.5, 0.6) is 0 Å². The Labute approximate surface area is 246 Å². The molecule has 3 rings (SSSR count). The van der Waals surface area contributed by atoms with Crippen LogP contribution in [-0.2, 0) is 20.9 Å². The number of aliphatic carboxylic acids is 1. The topological polar surface area (TPSA) is 141 Å². The van der Waals surface area contributed by atoms with Crippen LogP contribution in [0.3, 0.4) is 0 Å². The fourth-order valence-corrected chi connectivity index (χ4v) is 5.25. The molecule has 1 heterocycles. The maximum absolute atomic E-state index is 13.8. The van der Waals surface area contributed by atoms with Gasteiger partial charge < -0.3 is 15.3 Å². The van der Waals surface area contributed by atoms with Crippen molar-refractivity contribution < 1.29 is 19.5 Å². The van der Waals surface area contributed by atoms with Gasteiger partial charge in [0.15, 0.2) is 5.82 Å². The average Bonchev–Trinajstić information content (AvgIpc) is 3.50. The Morgan fingerprint density at radius 1 is 1.05 bits per heavy atom. The van der Waals surface area contributed by atoms with Gasteiger partial charge in [-0.15, -0.1) is 5.10 Å². The van der Waals surface area contributed by atoms with E-state index in [0.717, 1.165) is 41.5 Å². The summed E-state index contributed by atoms with van der Waals surface area (Å²) in [7, 11) is 0. The third kappa shape index (κ3) is 9.14. The number of carbonyl (C=O) groups is 3. The van der Waals surface area contributed by atoms with Crippen molar-refractivity contribution in [1.29, 1.82) is 0 Å². The summed E-state index contributed by atoms with van der Waals surface area (Å²) in [5.41, 5.74) is 3.74. The van der Waals surface area contributed by atoms with Crippen LogP contribution in [-0.4, -0.2) is 66.8 Å². The molecule has 3 aromatic rings. The van der Waals surface area contributed by atoms with Gasteiger partial charge in [0.05, 0.1) is 0 Å². The Bertz CT molecular complexity index is 1270. The first-order valence-corrected chi connectivity index (χ1v) is 14.7. The molecule has 2 unspecified atom stereocenters. The van der Waals surface area contributed by atoms with Gasteiger partial charge in [-0.1, -0.05) is 82.1 Å². The van der Waals surface area contributed by atoms with E-state index in [1.807, 2.05) is 62.4 Å². The van der Waals surface area contributed by atoms with Crippen molar-refractivity contribution in [2.45, 2.75) is 65.5 Å². The molecule has 0 aliphatic rings. The third-order valence-electron chi connectivity index (χ3n) is 7.11. The first-order valence-electron chi connectivity index (χ1n) is 14.1. The Kier molecular flexibility index (Phi) is 12.3. The smallest absolute Gasteiger partial charge is 0.303 e. The summed E-state index contributed by atoms with van der Waals surface area (Å²) in [5, 5.41) is 26.4. The van der Waals surface area contributed by atoms with Gasteiger partial charge in [-0.3, -0.25) is 14.4 Å². The van der Waals surface area contributed by atoms with Gasteiger partial charge in [0.25, 0.3) is 0 Å². The molecule has 0 saturated carbocycles. The Morgan fingerprint density at radius 2 is 1.76 bits per heavy atom. The Balaban J connectivity index is 1.83. The van der Waals surface area contributed by atoms with Crippen LogP contribution in [0, 0.1) is 11.8 Å². The number of aromatic amines is 1. The number of rotatable bonds is 16. The molecular formula is C30H40N6O4S. The maximum atomic E-state index is 13.8. The van der Waals surface area contributed by atoms with E-state index in [4.69, 9.17) is 0 Å². The second-order valence-electron chi connectivity index (χ2n) is 10.5. The quantitative estimate of drug-likeness (QED) is 0.143. The van der Waals surface area contributed by atoms with Gasteiger partial charge in [-0.2, -0.15) is 12.6 Å². The molecule has 10 nitrogen and oxygen atoms in total. The molecule has 0 fully saturated rings. The van der Waals surface area contributed by atoms with Gasteiger partial charge in [-0.05, 0) is 45.9 Å². The lowest BCUT2D eigenvalue weighted by atomic mass is 9.96. The maximum Gasteiger partial charge on any atom is 0.303 e. The molecule has 0 spiro atoms. The SMILES string of the molecule is CCCCCN(Cc1ccc(-c2ccccc2-c2nnn[nH]2)cc1)C(=O)C(CCC(=O)O)NC(=O)C(CS)C(C)C. The van der Waals surface area contributed by atoms with E-state index < -0.39 is 12.0 Å². The highest BCUT2D eigenvalue weighted by molar-refractivity contribution is 7.80. The number of carboxylic acid groups (broad SMARTS) is 1. The van der Waals surface area contributed by atoms with E-state index in [-0.39, 0.29) is 36.5 Å². The molecule has 0 aliphatic carbocycles. The van der Waals surface area contributed by atoms with Gasteiger partial charge in [0.1, 0.15) is 6.04 Å². The van der Waals surface area contributed by atoms with Crippen LogP contribution >= 0.6 is 12.6 Å². The van der Waals surface area contributed by atoms with Crippen LogP contribution in [0.2, 0.25) is 0 Å². The predicted octanol–water partition coefficient (Wildman–Crippen LogP) is 4.60. The number of nitrogens with one attached hydrogen (secondary N) is 2. The number of hydrogen-bond donors (Lipinski definition) is 4. The number of tetrazole rings is 1. The Morgan fingerprint density at radius 3 is 2.34 bits per heavy atom. The monoisotopic (exact) mass is 580 g/mol. The number of amides is 2. The lowest BCUT2D eigenvalue weighted by molar-refractivity contribution is -0.140. The first-order chi connectivity index (χ1) is 19.7. The lowest BCUT2D eigenvalue weighted by Gasteiger charge is -2.29. The molecule has 0 aliphatic heterocycles. The molecule has 2 atom stereocenters. The average molecular weight is 581 g/mol. The molecule has 220 valence electrons. The van der Waals surface area contributed by atoms with Gasteiger partial charge in [0.2, 0.25) is 11.8 Å². The summed E-state index contributed by atoms with van der Waals surface area (Å²) >= 11 is 4.31. The number of hydrogen-bond acceptors (Lipinski definition) is 7. The molecule has 2 aromatic carbocycles. The van der Waals surface area contributed by atoms with Crippen LogP contribution in [0.4, 0.5) is 0 Å². The first kappa shape index (κ1) is 31.8. The van der Waals surface area contributed by atoms with Crippen molar-refractivity contribution in [2.75, 3.05) is 12.3 Å². The molecule has 0 saturated heterocycles. The zero-order chi connectivity index (χ0) is 29.8. The highest BCUT2D eigenvalue weighted by atomic mass is 32.1. The Hall–Kier alpha value is -3.73. The van der Waals surface area contributed by atoms with Crippen LogP contribution in [0.1, 0.15) is 58.4 Å². The number of aromatic nitrogens is 4. The molecule has 0 bridgehead atoms. The van der Waals surface area contributed by atoms with Crippen molar-refractivity contribution in [3.05, 3.63) is 54.1 Å². The molecule has 41 heavy (non-hydrogen) atoms. The third-order valence-corrected chi connectivity index (χ3v) is 7.50. The number of thiol groups is 1. The van der Waals surface area contributed by atoms with E-state index in [0.29, 0.717) is 24.7 Å². The summed E-state index contributed by atoms with van der Waals surface area (Å²) in [4.78, 5) is 39.9. The summed E-state index contributed by atoms with van der Waals surface area (Å²) < 4.78 is 0. The zero-order valence-electron chi connectivity index (χ0n) is 23.9. The highest BCUT2D eigenvalue weighted by Crippen LogP contribution is 2.30. The molecule has 1 aromatic heterocycles. The standard InChI is InChI=1S/C30H40N6O4S/c1-4-5-8-17-36(30(40)26(15-16-27(37)38)31-29(39)25(19-41)20(2)3)18-21-11-13-22(14-12-21)23-9-6-7-10-24(23)28-32-34-35-33-28/h6-7,9-14,20,25-26,41H,4-5,8,15-19H2,1-3H3,(H,31,39)(H,37,38)(H,32,33,34,35). The molecule has 11 heteroatoms. The van der Waals surface area contributed by atoms with Crippen LogP contribution in [0.15, 0.2) is 48.5 Å². The van der Waals surface area contributed by atoms with Crippen molar-refractivity contribution >= 4 is 30.4 Å². The number of H-pyrrole nitrogens is 1. The number of unbranched alkanes of at least 4 members (excludes halogenated alkanes) is 2. The van der Waals surface area contributed by atoms with Crippen molar-refractivity contribution in [1.82, 2.24) is 30.8 Å². The van der Waals surface area contributed by atoms with Gasteiger partial charge in [0, 0.05) is 36.7 Å². The molecule has 3 N–H and O–H groups in total. The van der Waals surface area contributed by atoms with Gasteiger partial charge >= 0.3 is 5.97 Å². The molecule has 0 radical (unpaired) electrons. The van der Waals surface area contributed by atoms with Crippen LogP contribution in [0.25, 0.3) is 22.5 Å². The largest absolute Gasteiger partial charge is 0.481 e. The van der Waals surface area contributed by atoms with E-state index in [9.17, 15) is 19.5 Å². The zero-order valence-corrected chi connectivity index (χ0v) is 24.8. The fraction of sp³-hybridized carbons (Fsp3) is 0.467. The highest BCUT2D eigenvalue weighted by Gasteiger charge is 2.30. The van der Waals surface area contributed by atoms with E-state index in [2.05, 4.69) is 45.5 Å². The number of carbonyl (C=O) groups excluding carboxylic acids is 2. The number of nitrogens with zero attached hydrogens (tertiary/aromatic N) is 4. The summed E-state index contributed by atoms with van der Waals surface area (Å²) in [6, 6.07) is 14.8. The molecule has 2 amide bonds.